The summed E-state index contributed by atoms with van der Waals surface area (Å²) in [5.74, 6) is 0. The Morgan fingerprint density at radius 2 is 2.19 bits per heavy atom. The summed E-state index contributed by atoms with van der Waals surface area (Å²) in [4.78, 5) is 17.3. The van der Waals surface area contributed by atoms with E-state index in [2.05, 4.69) is 16.8 Å². The highest BCUT2D eigenvalue weighted by molar-refractivity contribution is 5.93. The first kappa shape index (κ1) is 13.8. The molecule has 110 valence electrons. The maximum atomic E-state index is 11.0. The Morgan fingerprint density at radius 3 is 2.81 bits per heavy atom. The normalized spacial score (nSPS) is 22.0. The Morgan fingerprint density at radius 1 is 1.43 bits per heavy atom. The van der Waals surface area contributed by atoms with Gasteiger partial charge >= 0.3 is 0 Å². The standard InChI is InChI=1S/C15H18N4O2/c1-9-7-15(18-6-5-13(16)10(18)2)12-8-11(19(20)21)3-4-14(12)17-9/h3-4,7-8,10,13H,5-6,16H2,1-2H3. The molecule has 1 aliphatic rings. The van der Waals surface area contributed by atoms with Gasteiger partial charge in [-0.1, -0.05) is 0 Å². The number of benzene rings is 1. The summed E-state index contributed by atoms with van der Waals surface area (Å²) in [5.41, 5.74) is 8.86. The maximum Gasteiger partial charge on any atom is 0.270 e. The van der Waals surface area contributed by atoms with Crippen LogP contribution >= 0.6 is 0 Å². The van der Waals surface area contributed by atoms with Crippen molar-refractivity contribution >= 4 is 22.3 Å². The molecule has 3 rings (SSSR count). The monoisotopic (exact) mass is 286 g/mol. The first-order valence-corrected chi connectivity index (χ1v) is 7.05. The van der Waals surface area contributed by atoms with Crippen LogP contribution in [0.25, 0.3) is 10.9 Å². The molecule has 2 atom stereocenters. The van der Waals surface area contributed by atoms with Crippen LogP contribution in [0.15, 0.2) is 24.3 Å². The molecular formula is C15H18N4O2. The van der Waals surface area contributed by atoms with Crippen molar-refractivity contribution in [1.29, 1.82) is 0 Å². The van der Waals surface area contributed by atoms with Crippen molar-refractivity contribution in [3.63, 3.8) is 0 Å². The number of anilines is 1. The number of aryl methyl sites for hydroxylation is 1. The van der Waals surface area contributed by atoms with Gasteiger partial charge in [0.05, 0.1) is 10.4 Å². The van der Waals surface area contributed by atoms with Crippen LogP contribution < -0.4 is 10.6 Å². The molecule has 1 aliphatic heterocycles. The number of pyridine rings is 1. The summed E-state index contributed by atoms with van der Waals surface area (Å²) in [5, 5.41) is 11.8. The van der Waals surface area contributed by atoms with Crippen LogP contribution in [0, 0.1) is 17.0 Å². The quantitative estimate of drug-likeness (QED) is 0.676. The van der Waals surface area contributed by atoms with Gasteiger partial charge in [0.15, 0.2) is 0 Å². The van der Waals surface area contributed by atoms with Crippen molar-refractivity contribution in [1.82, 2.24) is 4.98 Å². The van der Waals surface area contributed by atoms with Gasteiger partial charge in [-0.05, 0) is 32.4 Å². The minimum Gasteiger partial charge on any atom is -0.367 e. The molecule has 6 heteroatoms. The predicted molar refractivity (Wildman–Crippen MR) is 82.5 cm³/mol. The number of rotatable bonds is 2. The molecular weight excluding hydrogens is 268 g/mol. The molecule has 1 aromatic heterocycles. The average Bonchev–Trinajstić information content (AvgIpc) is 2.77. The van der Waals surface area contributed by atoms with E-state index in [1.54, 1.807) is 12.1 Å². The second-order valence-electron chi connectivity index (χ2n) is 5.63. The van der Waals surface area contributed by atoms with Crippen molar-refractivity contribution in [3.8, 4) is 0 Å². The second-order valence-corrected chi connectivity index (χ2v) is 5.63. The molecule has 2 N–H and O–H groups in total. The number of hydrogen-bond acceptors (Lipinski definition) is 5. The fourth-order valence-electron chi connectivity index (χ4n) is 2.98. The average molecular weight is 286 g/mol. The number of fused-ring (bicyclic) bond motifs is 1. The molecule has 0 bridgehead atoms. The van der Waals surface area contributed by atoms with Gasteiger partial charge in [0.1, 0.15) is 0 Å². The first-order chi connectivity index (χ1) is 9.97. The zero-order chi connectivity index (χ0) is 15.1. The molecule has 1 saturated heterocycles. The van der Waals surface area contributed by atoms with E-state index >= 15 is 0 Å². The number of non-ortho nitro benzene ring substituents is 1. The van der Waals surface area contributed by atoms with Crippen LogP contribution in [0.5, 0.6) is 0 Å². The van der Waals surface area contributed by atoms with E-state index in [0.717, 1.165) is 35.2 Å². The van der Waals surface area contributed by atoms with Crippen LogP contribution in [0.3, 0.4) is 0 Å². The Labute approximate surface area is 122 Å². The van der Waals surface area contributed by atoms with E-state index < -0.39 is 0 Å². The van der Waals surface area contributed by atoms with E-state index in [-0.39, 0.29) is 22.7 Å². The molecule has 21 heavy (non-hydrogen) atoms. The summed E-state index contributed by atoms with van der Waals surface area (Å²) in [6, 6.07) is 7.15. The lowest BCUT2D eigenvalue weighted by Crippen LogP contribution is -2.36. The summed E-state index contributed by atoms with van der Waals surface area (Å²) >= 11 is 0. The summed E-state index contributed by atoms with van der Waals surface area (Å²) < 4.78 is 0. The first-order valence-electron chi connectivity index (χ1n) is 7.05. The third-order valence-corrected chi connectivity index (χ3v) is 4.23. The minimum atomic E-state index is -0.373. The topological polar surface area (TPSA) is 85.3 Å². The molecule has 6 nitrogen and oxygen atoms in total. The zero-order valence-corrected chi connectivity index (χ0v) is 12.1. The zero-order valence-electron chi connectivity index (χ0n) is 12.1. The van der Waals surface area contributed by atoms with Gasteiger partial charge in [-0.2, -0.15) is 0 Å². The largest absolute Gasteiger partial charge is 0.367 e. The molecule has 2 heterocycles. The van der Waals surface area contributed by atoms with Gasteiger partial charge in [0, 0.05) is 47.5 Å². The van der Waals surface area contributed by atoms with Crippen molar-refractivity contribution in [3.05, 3.63) is 40.1 Å². The van der Waals surface area contributed by atoms with Crippen LogP contribution in [0.1, 0.15) is 19.0 Å². The number of nitrogens with two attached hydrogens (primary N) is 1. The molecule has 1 fully saturated rings. The lowest BCUT2D eigenvalue weighted by Gasteiger charge is -2.27. The third kappa shape index (κ3) is 2.31. The Hall–Kier alpha value is -2.21. The molecule has 2 unspecified atom stereocenters. The molecule has 0 spiro atoms. The summed E-state index contributed by atoms with van der Waals surface area (Å²) in [6.45, 7) is 4.89. The van der Waals surface area contributed by atoms with Gasteiger partial charge in [-0.15, -0.1) is 0 Å². The molecule has 0 saturated carbocycles. The van der Waals surface area contributed by atoms with Gasteiger partial charge in [-0.3, -0.25) is 15.1 Å². The van der Waals surface area contributed by atoms with E-state index in [1.165, 1.54) is 6.07 Å². The molecule has 0 amide bonds. The van der Waals surface area contributed by atoms with Gasteiger partial charge < -0.3 is 10.6 Å². The number of nitrogens with zero attached hydrogens (tertiary/aromatic N) is 3. The fourth-order valence-corrected chi connectivity index (χ4v) is 2.98. The minimum absolute atomic E-state index is 0.0885. The highest BCUT2D eigenvalue weighted by Gasteiger charge is 2.29. The van der Waals surface area contributed by atoms with E-state index in [4.69, 9.17) is 5.73 Å². The fraction of sp³-hybridized carbons (Fsp3) is 0.400. The number of nitro groups is 1. The number of nitro benzene ring substituents is 1. The Kier molecular flexibility index (Phi) is 3.25. The third-order valence-electron chi connectivity index (χ3n) is 4.23. The Balaban J connectivity index is 2.20. The van der Waals surface area contributed by atoms with Gasteiger partial charge in [0.2, 0.25) is 0 Å². The van der Waals surface area contributed by atoms with Crippen LogP contribution in [-0.2, 0) is 0 Å². The summed E-state index contributed by atoms with van der Waals surface area (Å²) in [7, 11) is 0. The maximum absolute atomic E-state index is 11.0. The van der Waals surface area contributed by atoms with Crippen molar-refractivity contribution < 1.29 is 4.92 Å². The predicted octanol–water partition coefficient (Wildman–Crippen LogP) is 2.38. The van der Waals surface area contributed by atoms with Crippen LogP contribution in [-0.4, -0.2) is 28.5 Å². The highest BCUT2D eigenvalue weighted by atomic mass is 16.6. The Bertz CT molecular complexity index is 716. The van der Waals surface area contributed by atoms with Crippen molar-refractivity contribution in [2.45, 2.75) is 32.4 Å². The smallest absolute Gasteiger partial charge is 0.270 e. The number of aromatic nitrogens is 1. The van der Waals surface area contributed by atoms with Gasteiger partial charge in [0.25, 0.3) is 5.69 Å². The van der Waals surface area contributed by atoms with E-state index in [0.29, 0.717) is 0 Å². The van der Waals surface area contributed by atoms with Crippen molar-refractivity contribution in [2.24, 2.45) is 5.73 Å². The van der Waals surface area contributed by atoms with Crippen molar-refractivity contribution in [2.75, 3.05) is 11.4 Å². The molecule has 0 aliphatic carbocycles. The second kappa shape index (κ2) is 4.96. The molecule has 0 radical (unpaired) electrons. The molecule has 2 aromatic rings. The lowest BCUT2D eigenvalue weighted by molar-refractivity contribution is -0.384. The lowest BCUT2D eigenvalue weighted by atomic mass is 10.1. The number of hydrogen-bond donors (Lipinski definition) is 1. The van der Waals surface area contributed by atoms with Gasteiger partial charge in [-0.25, -0.2) is 0 Å². The van der Waals surface area contributed by atoms with E-state index in [9.17, 15) is 10.1 Å². The van der Waals surface area contributed by atoms with Crippen LogP contribution in [0.2, 0.25) is 0 Å². The SMILES string of the molecule is Cc1cc(N2CCC(N)C2C)c2cc([N+](=O)[O-])ccc2n1. The molecule has 1 aromatic carbocycles. The van der Waals surface area contributed by atoms with Crippen LogP contribution in [0.4, 0.5) is 11.4 Å². The highest BCUT2D eigenvalue weighted by Crippen LogP contribution is 2.33. The van der Waals surface area contributed by atoms with E-state index in [1.807, 2.05) is 13.0 Å². The summed E-state index contributed by atoms with van der Waals surface area (Å²) in [6.07, 6.45) is 0.930.